The molecule has 0 aromatic rings. The first-order valence-corrected chi connectivity index (χ1v) is 12.5. The molecule has 1 aliphatic rings. The van der Waals surface area contributed by atoms with Crippen molar-refractivity contribution < 1.29 is 3.79 Å². The van der Waals surface area contributed by atoms with E-state index in [4.69, 9.17) is 3.79 Å². The molecule has 0 amide bonds. The van der Waals surface area contributed by atoms with Gasteiger partial charge in [-0.25, -0.2) is 0 Å². The highest BCUT2D eigenvalue weighted by Gasteiger charge is 2.16. The topological polar surface area (TPSA) is 9.23 Å². The Morgan fingerprint density at radius 1 is 1.38 bits per heavy atom. The molecule has 0 saturated carbocycles. The number of allylic oxidation sites excluding steroid dienone is 2. The molecule has 0 N–H and O–H groups in total. The maximum atomic E-state index is 5.90. The summed E-state index contributed by atoms with van der Waals surface area (Å²) in [6.07, 6.45) is 5.84. The van der Waals surface area contributed by atoms with E-state index in [2.05, 4.69) is 48.8 Å². The summed E-state index contributed by atoms with van der Waals surface area (Å²) in [4.78, 5) is 0. The van der Waals surface area contributed by atoms with Crippen LogP contribution in [0, 0.1) is 17.4 Å². The third kappa shape index (κ3) is 5.80. The fourth-order valence-corrected chi connectivity index (χ4v) is 3.13. The van der Waals surface area contributed by atoms with Gasteiger partial charge in [-0.05, 0) is 18.9 Å². The van der Waals surface area contributed by atoms with E-state index in [-0.39, 0.29) is 0 Å². The van der Waals surface area contributed by atoms with Gasteiger partial charge in [-0.3, -0.25) is 0 Å². The minimum Gasteiger partial charge on any atom is -0.646 e. The van der Waals surface area contributed by atoms with Gasteiger partial charge in [-0.1, -0.05) is 31.2 Å². The van der Waals surface area contributed by atoms with E-state index in [1.807, 2.05) is 0 Å². The maximum Gasteiger partial charge on any atom is 0.539 e. The van der Waals surface area contributed by atoms with Crippen LogP contribution in [0.2, 0.25) is 31.2 Å². The molecule has 1 rings (SSSR count). The summed E-state index contributed by atoms with van der Waals surface area (Å²) >= 11 is -0.932. The Kier molecular flexibility index (Phi) is 5.19. The van der Waals surface area contributed by atoms with Crippen LogP contribution in [0.25, 0.3) is 0 Å². The zero-order valence-electron chi connectivity index (χ0n) is 11.3. The number of hydrogen-bond acceptors (Lipinski definition) is 1. The summed E-state index contributed by atoms with van der Waals surface area (Å²) in [5, 5.41) is 0. The molecule has 0 unspecified atom stereocenters. The number of hydrogen-bond donors (Lipinski definition) is 0. The largest absolute Gasteiger partial charge is 0.646 e. The normalized spacial score (nSPS) is 20.6. The predicted molar refractivity (Wildman–Crippen MR) is 75.1 cm³/mol. The lowest BCUT2D eigenvalue weighted by molar-refractivity contribution is 0.385. The van der Waals surface area contributed by atoms with Crippen LogP contribution in [-0.4, -0.2) is 22.6 Å². The molecule has 1 aliphatic carbocycles. The molecule has 0 saturated heterocycles. The Balaban J connectivity index is 2.64. The Hall–Kier alpha value is -0.151. The van der Waals surface area contributed by atoms with Crippen LogP contribution in [0.1, 0.15) is 19.3 Å². The molecule has 0 aliphatic heterocycles. The maximum absolute atomic E-state index is 5.90. The summed E-state index contributed by atoms with van der Waals surface area (Å²) in [7, 11) is -1.22. The van der Waals surface area contributed by atoms with E-state index in [0.717, 1.165) is 6.42 Å². The van der Waals surface area contributed by atoms with Gasteiger partial charge in [0.2, 0.25) is 0 Å². The zero-order chi connectivity index (χ0) is 12.2. The summed E-state index contributed by atoms with van der Waals surface area (Å²) in [6, 6.07) is 0. The van der Waals surface area contributed by atoms with Crippen molar-refractivity contribution in [2.24, 2.45) is 5.92 Å². The molecule has 3 heteroatoms. The van der Waals surface area contributed by atoms with E-state index < -0.39 is 22.6 Å². The van der Waals surface area contributed by atoms with Gasteiger partial charge < -0.3 is 3.79 Å². The smallest absolute Gasteiger partial charge is 0.539 e. The molecule has 0 fully saturated rings. The van der Waals surface area contributed by atoms with Crippen molar-refractivity contribution in [1.82, 2.24) is 0 Å². The summed E-state index contributed by atoms with van der Waals surface area (Å²) in [5.41, 5.74) is 3.47. The van der Waals surface area contributed by atoms with Crippen LogP contribution in [0.4, 0.5) is 0 Å². The van der Waals surface area contributed by atoms with Crippen LogP contribution in [0.5, 0.6) is 0 Å². The van der Waals surface area contributed by atoms with Crippen molar-refractivity contribution >= 4 is 22.6 Å². The minimum absolute atomic E-state index is 0.447. The first-order chi connectivity index (χ1) is 7.37. The standard InChI is InChI=1S/C11H18OSi.2CH3.Al/c1-13(2,3)8-7-10-5-4-6-11(12)9-10;;;/h9-10,12H,4-6H2,1-3H3;2*1H3;/q;;;+1/p-1/t10-;;;/m0.../s1. The third-order valence-corrected chi connectivity index (χ3v) is 4.01. The first kappa shape index (κ1) is 13.9. The fourth-order valence-electron chi connectivity index (χ4n) is 1.71. The van der Waals surface area contributed by atoms with Gasteiger partial charge in [0.05, 0.1) is 5.76 Å². The van der Waals surface area contributed by atoms with Crippen molar-refractivity contribution in [1.29, 1.82) is 0 Å². The second kappa shape index (κ2) is 5.97. The quantitative estimate of drug-likeness (QED) is 0.535. The molecule has 0 heterocycles. The molecule has 0 aromatic carbocycles. The molecule has 0 spiro atoms. The summed E-state index contributed by atoms with van der Waals surface area (Å²) in [5.74, 6) is 9.53. The molecule has 16 heavy (non-hydrogen) atoms. The minimum atomic E-state index is -1.22. The highest BCUT2D eigenvalue weighted by atomic mass is 28.3. The monoisotopic (exact) mass is 250 g/mol. The Morgan fingerprint density at radius 2 is 2.06 bits per heavy atom. The van der Waals surface area contributed by atoms with E-state index in [9.17, 15) is 0 Å². The Labute approximate surface area is 106 Å². The summed E-state index contributed by atoms with van der Waals surface area (Å²) < 4.78 is 5.90. The predicted octanol–water partition coefficient (Wildman–Crippen LogP) is 3.82. The average molecular weight is 250 g/mol. The number of rotatable bonds is 2. The van der Waals surface area contributed by atoms with Gasteiger partial charge in [-0.15, -0.1) is 11.5 Å². The van der Waals surface area contributed by atoms with E-state index >= 15 is 0 Å². The van der Waals surface area contributed by atoms with Crippen LogP contribution >= 0.6 is 0 Å². The second-order valence-electron chi connectivity index (χ2n) is 5.82. The highest BCUT2D eigenvalue weighted by molar-refractivity contribution is 6.83. The Bertz CT molecular complexity index is 317. The van der Waals surface area contributed by atoms with Crippen LogP contribution in [0.3, 0.4) is 0 Å². The van der Waals surface area contributed by atoms with Crippen molar-refractivity contribution in [2.45, 2.75) is 50.5 Å². The molecule has 0 bridgehead atoms. The van der Waals surface area contributed by atoms with Gasteiger partial charge in [0.15, 0.2) is 0 Å². The van der Waals surface area contributed by atoms with E-state index in [1.165, 1.54) is 18.6 Å². The van der Waals surface area contributed by atoms with E-state index in [0.29, 0.717) is 5.92 Å². The molecule has 88 valence electrons. The van der Waals surface area contributed by atoms with Crippen LogP contribution < -0.4 is 0 Å². The van der Waals surface area contributed by atoms with Gasteiger partial charge >= 0.3 is 14.5 Å². The third-order valence-electron chi connectivity index (χ3n) is 2.35. The van der Waals surface area contributed by atoms with Crippen LogP contribution in [0.15, 0.2) is 11.8 Å². The fraction of sp³-hybridized carbons (Fsp3) is 0.692. The van der Waals surface area contributed by atoms with Gasteiger partial charge in [0.25, 0.3) is 0 Å². The molecule has 0 radical (unpaired) electrons. The molecular weight excluding hydrogens is 227 g/mol. The van der Waals surface area contributed by atoms with Gasteiger partial charge in [-0.2, -0.15) is 0 Å². The van der Waals surface area contributed by atoms with E-state index in [1.54, 1.807) is 0 Å². The SMILES string of the molecule is [CH3][Al]([CH3])[O]C1=C[C@H](C#C[Si](C)(C)C)CCC1. The first-order valence-electron chi connectivity index (χ1n) is 6.27. The van der Waals surface area contributed by atoms with Crippen molar-refractivity contribution in [3.63, 3.8) is 0 Å². The lowest BCUT2D eigenvalue weighted by atomic mass is 9.96. The van der Waals surface area contributed by atoms with Crippen molar-refractivity contribution in [2.75, 3.05) is 0 Å². The molecule has 1 nitrogen and oxygen atoms in total. The lowest BCUT2D eigenvalue weighted by Gasteiger charge is -2.20. The Morgan fingerprint density at radius 3 is 2.62 bits per heavy atom. The van der Waals surface area contributed by atoms with Crippen LogP contribution in [-0.2, 0) is 3.79 Å². The molecule has 0 aromatic heterocycles. The van der Waals surface area contributed by atoms with Gasteiger partial charge in [0.1, 0.15) is 8.07 Å². The summed E-state index contributed by atoms with van der Waals surface area (Å²) in [6.45, 7) is 6.89. The molecular formula is C13H23AlOSi. The lowest BCUT2D eigenvalue weighted by Crippen LogP contribution is -2.17. The highest BCUT2D eigenvalue weighted by Crippen LogP contribution is 2.23. The van der Waals surface area contributed by atoms with Crippen molar-refractivity contribution in [3.8, 4) is 11.5 Å². The van der Waals surface area contributed by atoms with Gasteiger partial charge in [0, 0.05) is 12.3 Å². The van der Waals surface area contributed by atoms with Crippen molar-refractivity contribution in [3.05, 3.63) is 11.8 Å². The molecule has 1 atom stereocenters. The zero-order valence-corrected chi connectivity index (χ0v) is 13.4. The average Bonchev–Trinajstić information content (AvgIpc) is 2.13. The second-order valence-corrected chi connectivity index (χ2v) is 12.9.